The molecule has 1 aromatic rings. The number of hydrogen-bond donors (Lipinski definition) is 1. The second-order valence-corrected chi connectivity index (χ2v) is 7.01. The minimum atomic E-state index is -0.245. The second kappa shape index (κ2) is 5.88. The first-order chi connectivity index (χ1) is 8.17. The van der Waals surface area contributed by atoms with Crippen LogP contribution >= 0.6 is 0 Å². The first-order valence-electron chi connectivity index (χ1n) is 6.92. The Morgan fingerprint density at radius 2 is 1.56 bits per heavy atom. The van der Waals surface area contributed by atoms with Crippen LogP contribution in [0.5, 0.6) is 0 Å². The van der Waals surface area contributed by atoms with Crippen molar-refractivity contribution < 1.29 is 5.11 Å². The Morgan fingerprint density at radius 3 is 2.00 bits per heavy atom. The molecule has 0 saturated heterocycles. The zero-order valence-corrected chi connectivity index (χ0v) is 12.7. The fourth-order valence-electron chi connectivity index (χ4n) is 2.73. The summed E-state index contributed by atoms with van der Waals surface area (Å²) in [7, 11) is 0. The van der Waals surface area contributed by atoms with Gasteiger partial charge >= 0.3 is 0 Å². The van der Waals surface area contributed by atoms with Crippen LogP contribution in [-0.2, 0) is 6.42 Å². The lowest BCUT2D eigenvalue weighted by molar-refractivity contribution is 0.0912. The van der Waals surface area contributed by atoms with E-state index < -0.39 is 0 Å². The van der Waals surface area contributed by atoms with Gasteiger partial charge in [-0.1, -0.05) is 57.0 Å². The lowest BCUT2D eigenvalue weighted by atomic mass is 9.81. The van der Waals surface area contributed by atoms with E-state index >= 15 is 0 Å². The first kappa shape index (κ1) is 15.2. The van der Waals surface area contributed by atoms with Gasteiger partial charge in [-0.15, -0.1) is 0 Å². The van der Waals surface area contributed by atoms with E-state index in [1.54, 1.807) is 0 Å². The average molecular weight is 248 g/mol. The Morgan fingerprint density at radius 1 is 1.06 bits per heavy atom. The topological polar surface area (TPSA) is 20.2 Å². The fourth-order valence-corrected chi connectivity index (χ4v) is 2.73. The molecule has 0 aliphatic carbocycles. The highest BCUT2D eigenvalue weighted by Crippen LogP contribution is 2.27. The van der Waals surface area contributed by atoms with Crippen LogP contribution < -0.4 is 0 Å². The molecule has 1 heteroatoms. The maximum Gasteiger partial charge on any atom is 0.0606 e. The Balaban J connectivity index is 2.66. The molecule has 2 atom stereocenters. The third-order valence-electron chi connectivity index (χ3n) is 3.32. The Kier molecular flexibility index (Phi) is 4.98. The van der Waals surface area contributed by atoms with Gasteiger partial charge in [-0.25, -0.2) is 0 Å². The molecule has 1 aromatic carbocycles. The van der Waals surface area contributed by atoms with Gasteiger partial charge in [-0.2, -0.15) is 0 Å². The van der Waals surface area contributed by atoms with Crippen LogP contribution in [0.15, 0.2) is 18.2 Å². The normalized spacial score (nSPS) is 15.5. The van der Waals surface area contributed by atoms with Crippen LogP contribution in [0, 0.1) is 25.2 Å². The number of benzene rings is 1. The van der Waals surface area contributed by atoms with E-state index in [0.717, 1.165) is 12.8 Å². The molecular weight excluding hydrogens is 220 g/mol. The molecule has 0 saturated carbocycles. The molecular formula is C17H28O. The molecule has 0 radical (unpaired) electrons. The molecule has 0 fully saturated rings. The van der Waals surface area contributed by atoms with Gasteiger partial charge in [0.25, 0.3) is 0 Å². The third-order valence-corrected chi connectivity index (χ3v) is 3.32. The van der Waals surface area contributed by atoms with Crippen LogP contribution in [0.25, 0.3) is 0 Å². The highest BCUT2D eigenvalue weighted by Gasteiger charge is 2.21. The lowest BCUT2D eigenvalue weighted by Gasteiger charge is -2.27. The summed E-state index contributed by atoms with van der Waals surface area (Å²) in [6.07, 6.45) is 1.57. The molecule has 2 unspecified atom stereocenters. The van der Waals surface area contributed by atoms with Gasteiger partial charge in [-0.3, -0.25) is 0 Å². The minimum absolute atomic E-state index is 0.245. The van der Waals surface area contributed by atoms with Gasteiger partial charge in [0.1, 0.15) is 0 Å². The summed E-state index contributed by atoms with van der Waals surface area (Å²) in [6, 6.07) is 6.54. The van der Waals surface area contributed by atoms with Crippen molar-refractivity contribution in [1.29, 1.82) is 0 Å². The van der Waals surface area contributed by atoms with Crippen LogP contribution in [0.3, 0.4) is 0 Å². The predicted molar refractivity (Wildman–Crippen MR) is 78.9 cm³/mol. The predicted octanol–water partition coefficient (Wildman–Crippen LogP) is 4.28. The molecule has 0 bridgehead atoms. The van der Waals surface area contributed by atoms with E-state index in [2.05, 4.69) is 59.7 Å². The zero-order valence-electron chi connectivity index (χ0n) is 12.7. The van der Waals surface area contributed by atoms with Crippen LogP contribution in [0.2, 0.25) is 0 Å². The largest absolute Gasteiger partial charge is 0.393 e. The average Bonchev–Trinajstić information content (AvgIpc) is 2.12. The second-order valence-electron chi connectivity index (χ2n) is 7.01. The monoisotopic (exact) mass is 248 g/mol. The van der Waals surface area contributed by atoms with Crippen LogP contribution in [0.1, 0.15) is 50.8 Å². The third kappa shape index (κ3) is 5.22. The molecule has 1 rings (SSSR count). The highest BCUT2D eigenvalue weighted by molar-refractivity contribution is 5.28. The molecule has 0 heterocycles. The standard InChI is InChI=1S/C17H28O/c1-12-7-13(2)9-15(8-12)10-16(18)14(3)11-17(4,5)6/h7-9,14,16,18H,10-11H2,1-6H3. The Hall–Kier alpha value is -0.820. The SMILES string of the molecule is Cc1cc(C)cc(CC(O)C(C)CC(C)(C)C)c1. The maximum atomic E-state index is 10.3. The fraction of sp³-hybridized carbons (Fsp3) is 0.647. The molecule has 102 valence electrons. The highest BCUT2D eigenvalue weighted by atomic mass is 16.3. The summed E-state index contributed by atoms with van der Waals surface area (Å²) < 4.78 is 0. The van der Waals surface area contributed by atoms with Crippen molar-refractivity contribution in [3.8, 4) is 0 Å². The molecule has 0 aliphatic rings. The quantitative estimate of drug-likeness (QED) is 0.843. The van der Waals surface area contributed by atoms with Gasteiger partial charge in [0.15, 0.2) is 0 Å². The van der Waals surface area contributed by atoms with E-state index in [1.165, 1.54) is 16.7 Å². The van der Waals surface area contributed by atoms with Crippen molar-refractivity contribution in [1.82, 2.24) is 0 Å². The summed E-state index contributed by atoms with van der Waals surface area (Å²) in [5.74, 6) is 0.339. The van der Waals surface area contributed by atoms with Crippen molar-refractivity contribution >= 4 is 0 Å². The number of aliphatic hydroxyl groups is 1. The van der Waals surface area contributed by atoms with E-state index in [0.29, 0.717) is 5.92 Å². The number of aliphatic hydroxyl groups excluding tert-OH is 1. The summed E-state index contributed by atoms with van der Waals surface area (Å²) in [5.41, 5.74) is 4.09. The van der Waals surface area contributed by atoms with E-state index in [4.69, 9.17) is 0 Å². The Labute approximate surface area is 112 Å². The lowest BCUT2D eigenvalue weighted by Crippen LogP contribution is -2.24. The van der Waals surface area contributed by atoms with E-state index in [9.17, 15) is 5.11 Å². The molecule has 1 nitrogen and oxygen atoms in total. The summed E-state index contributed by atoms with van der Waals surface area (Å²) in [6.45, 7) is 13.1. The van der Waals surface area contributed by atoms with Gasteiger partial charge in [0.2, 0.25) is 0 Å². The van der Waals surface area contributed by atoms with Gasteiger partial charge in [-0.05, 0) is 43.6 Å². The van der Waals surface area contributed by atoms with Crippen molar-refractivity contribution in [2.75, 3.05) is 0 Å². The van der Waals surface area contributed by atoms with Crippen LogP contribution in [0.4, 0.5) is 0 Å². The summed E-state index contributed by atoms with van der Waals surface area (Å²) in [5, 5.41) is 10.3. The van der Waals surface area contributed by atoms with Gasteiger partial charge in [0, 0.05) is 0 Å². The molecule has 0 aliphatic heterocycles. The zero-order chi connectivity index (χ0) is 13.9. The van der Waals surface area contributed by atoms with Crippen molar-refractivity contribution in [3.05, 3.63) is 34.9 Å². The Bertz CT molecular complexity index is 367. The molecule has 0 amide bonds. The van der Waals surface area contributed by atoms with E-state index in [-0.39, 0.29) is 11.5 Å². The summed E-state index contributed by atoms with van der Waals surface area (Å²) >= 11 is 0. The maximum absolute atomic E-state index is 10.3. The van der Waals surface area contributed by atoms with Gasteiger partial charge in [0.05, 0.1) is 6.10 Å². The van der Waals surface area contributed by atoms with Crippen molar-refractivity contribution in [3.63, 3.8) is 0 Å². The molecule has 18 heavy (non-hydrogen) atoms. The number of rotatable bonds is 4. The molecule has 0 spiro atoms. The smallest absolute Gasteiger partial charge is 0.0606 e. The number of aryl methyl sites for hydroxylation is 2. The molecule has 1 N–H and O–H groups in total. The van der Waals surface area contributed by atoms with E-state index in [1.807, 2.05) is 0 Å². The minimum Gasteiger partial charge on any atom is -0.393 e. The molecule has 0 aromatic heterocycles. The summed E-state index contributed by atoms with van der Waals surface area (Å²) in [4.78, 5) is 0. The number of hydrogen-bond acceptors (Lipinski definition) is 1. The van der Waals surface area contributed by atoms with Gasteiger partial charge < -0.3 is 5.11 Å². The van der Waals surface area contributed by atoms with Crippen molar-refractivity contribution in [2.24, 2.45) is 11.3 Å². The van der Waals surface area contributed by atoms with Crippen LogP contribution in [-0.4, -0.2) is 11.2 Å². The first-order valence-corrected chi connectivity index (χ1v) is 6.92. The van der Waals surface area contributed by atoms with Crippen molar-refractivity contribution in [2.45, 2.75) is 60.5 Å².